The molecule has 5 heteroatoms. The van der Waals surface area contributed by atoms with E-state index in [1.54, 1.807) is 0 Å². The molecule has 0 aromatic heterocycles. The topological polar surface area (TPSA) is 70.6 Å². The summed E-state index contributed by atoms with van der Waals surface area (Å²) < 4.78 is 5.25. The zero-order chi connectivity index (χ0) is 16.0. The van der Waals surface area contributed by atoms with E-state index in [1.165, 1.54) is 0 Å². The van der Waals surface area contributed by atoms with Crippen molar-refractivity contribution in [3.8, 4) is 0 Å². The molecule has 0 aliphatic rings. The molecule has 5 nitrogen and oxygen atoms in total. The van der Waals surface area contributed by atoms with Crippen LogP contribution in [0.15, 0.2) is 0 Å². The quantitative estimate of drug-likeness (QED) is 0.672. The lowest BCUT2D eigenvalue weighted by molar-refractivity contribution is 0.0469. The third-order valence-electron chi connectivity index (χ3n) is 3.19. The zero-order valence-corrected chi connectivity index (χ0v) is 14.1. The van der Waals surface area contributed by atoms with Crippen LogP contribution in [0.25, 0.3) is 0 Å². The summed E-state index contributed by atoms with van der Waals surface area (Å²) in [5.41, 5.74) is -1.03. The van der Waals surface area contributed by atoms with Crippen LogP contribution in [0, 0.1) is 5.41 Å². The van der Waals surface area contributed by atoms with Crippen LogP contribution in [0.2, 0.25) is 0 Å². The van der Waals surface area contributed by atoms with E-state index in [4.69, 9.17) is 4.74 Å². The van der Waals surface area contributed by atoms with Gasteiger partial charge in [0.25, 0.3) is 0 Å². The average Bonchev–Trinajstić information content (AvgIpc) is 2.24. The molecule has 1 atom stereocenters. The fourth-order valence-electron chi connectivity index (χ4n) is 1.59. The van der Waals surface area contributed by atoms with E-state index < -0.39 is 17.2 Å². The molecule has 0 spiro atoms. The smallest absolute Gasteiger partial charge is 0.408 e. The number of hydrogen-bond donors (Lipinski definition) is 3. The molecular weight excluding hydrogens is 256 g/mol. The first-order valence-corrected chi connectivity index (χ1v) is 7.26. The van der Waals surface area contributed by atoms with Gasteiger partial charge in [-0.25, -0.2) is 4.79 Å². The van der Waals surface area contributed by atoms with Gasteiger partial charge >= 0.3 is 6.09 Å². The van der Waals surface area contributed by atoms with E-state index >= 15 is 0 Å². The van der Waals surface area contributed by atoms with Crippen LogP contribution in [0.1, 0.15) is 54.9 Å². The summed E-state index contributed by atoms with van der Waals surface area (Å²) in [6.45, 7) is 15.0. The van der Waals surface area contributed by atoms with Crippen molar-refractivity contribution in [2.75, 3.05) is 19.7 Å². The maximum Gasteiger partial charge on any atom is 0.408 e. The third-order valence-corrected chi connectivity index (χ3v) is 3.19. The van der Waals surface area contributed by atoms with Crippen molar-refractivity contribution in [3.63, 3.8) is 0 Å². The number of carbonyl (C=O) groups excluding carboxylic acids is 1. The molecule has 0 saturated heterocycles. The summed E-state index contributed by atoms with van der Waals surface area (Å²) in [7, 11) is 0. The zero-order valence-electron chi connectivity index (χ0n) is 14.1. The van der Waals surface area contributed by atoms with Crippen LogP contribution in [-0.4, -0.2) is 42.0 Å². The number of alkyl carbamates (subject to hydrolysis) is 1. The molecule has 0 aromatic rings. The third kappa shape index (κ3) is 8.38. The largest absolute Gasteiger partial charge is 0.444 e. The second-order valence-corrected chi connectivity index (χ2v) is 7.44. The molecule has 0 aliphatic carbocycles. The van der Waals surface area contributed by atoms with Crippen LogP contribution in [0.5, 0.6) is 0 Å². The standard InChI is InChI=1S/C15H32N2O3/c1-8-15(7,11-18)10-16-9-14(5,6)17-12(19)20-13(2,3)4/h16,18H,8-11H2,1-7H3,(H,17,19). The van der Waals surface area contributed by atoms with Gasteiger partial charge in [0.2, 0.25) is 0 Å². The maximum atomic E-state index is 11.7. The van der Waals surface area contributed by atoms with Crippen molar-refractivity contribution in [1.29, 1.82) is 0 Å². The molecule has 0 aliphatic heterocycles. The lowest BCUT2D eigenvalue weighted by Crippen LogP contribution is -2.53. The molecule has 0 saturated carbocycles. The second kappa shape index (κ2) is 7.27. The molecule has 120 valence electrons. The normalized spacial score (nSPS) is 15.6. The molecule has 0 heterocycles. The number of amides is 1. The van der Waals surface area contributed by atoms with E-state index in [0.29, 0.717) is 13.1 Å². The van der Waals surface area contributed by atoms with Gasteiger partial charge in [-0.15, -0.1) is 0 Å². The van der Waals surface area contributed by atoms with E-state index in [9.17, 15) is 9.90 Å². The minimum absolute atomic E-state index is 0.123. The average molecular weight is 288 g/mol. The number of rotatable bonds is 7. The highest BCUT2D eigenvalue weighted by molar-refractivity contribution is 5.68. The van der Waals surface area contributed by atoms with E-state index in [-0.39, 0.29) is 12.0 Å². The Balaban J connectivity index is 4.23. The minimum Gasteiger partial charge on any atom is -0.444 e. The predicted octanol–water partition coefficient (Wildman–Crippen LogP) is 2.29. The Morgan fingerprint density at radius 2 is 1.65 bits per heavy atom. The lowest BCUT2D eigenvalue weighted by Gasteiger charge is -2.31. The van der Waals surface area contributed by atoms with Gasteiger partial charge in [0.1, 0.15) is 5.60 Å². The highest BCUT2D eigenvalue weighted by Crippen LogP contribution is 2.18. The SMILES string of the molecule is CCC(C)(CO)CNCC(C)(C)NC(=O)OC(C)(C)C. The Hall–Kier alpha value is -0.810. The second-order valence-electron chi connectivity index (χ2n) is 7.44. The summed E-state index contributed by atoms with van der Waals surface area (Å²) in [6.07, 6.45) is 0.487. The summed E-state index contributed by atoms with van der Waals surface area (Å²) in [4.78, 5) is 11.7. The number of aliphatic hydroxyl groups is 1. The van der Waals surface area contributed by atoms with Gasteiger partial charge < -0.3 is 20.5 Å². The predicted molar refractivity (Wildman–Crippen MR) is 81.8 cm³/mol. The van der Waals surface area contributed by atoms with Gasteiger partial charge in [-0.3, -0.25) is 0 Å². The highest BCUT2D eigenvalue weighted by Gasteiger charge is 2.26. The van der Waals surface area contributed by atoms with Crippen LogP contribution >= 0.6 is 0 Å². The Labute approximate surface area is 123 Å². The first-order valence-electron chi connectivity index (χ1n) is 7.26. The summed E-state index contributed by atoms with van der Waals surface area (Å²) in [6, 6.07) is 0. The number of aliphatic hydroxyl groups excluding tert-OH is 1. The molecule has 1 unspecified atom stereocenters. The van der Waals surface area contributed by atoms with Crippen molar-refractivity contribution in [2.45, 2.75) is 66.0 Å². The van der Waals surface area contributed by atoms with Crippen molar-refractivity contribution in [3.05, 3.63) is 0 Å². The van der Waals surface area contributed by atoms with Crippen molar-refractivity contribution >= 4 is 6.09 Å². The lowest BCUT2D eigenvalue weighted by atomic mass is 9.88. The molecule has 0 rings (SSSR count). The molecule has 20 heavy (non-hydrogen) atoms. The Kier molecular flexibility index (Phi) is 6.98. The maximum absolute atomic E-state index is 11.7. The highest BCUT2D eigenvalue weighted by atomic mass is 16.6. The molecule has 1 amide bonds. The molecular formula is C15H32N2O3. The Morgan fingerprint density at radius 1 is 1.10 bits per heavy atom. The van der Waals surface area contributed by atoms with E-state index in [2.05, 4.69) is 17.6 Å². The molecule has 0 bridgehead atoms. The van der Waals surface area contributed by atoms with Gasteiger partial charge in [0.15, 0.2) is 0 Å². The molecule has 3 N–H and O–H groups in total. The van der Waals surface area contributed by atoms with Crippen molar-refractivity contribution in [2.24, 2.45) is 5.41 Å². The van der Waals surface area contributed by atoms with Gasteiger partial charge in [0, 0.05) is 25.1 Å². The molecule has 0 aromatic carbocycles. The first-order chi connectivity index (χ1) is 8.93. The fourth-order valence-corrected chi connectivity index (χ4v) is 1.59. The first kappa shape index (κ1) is 19.2. The van der Waals surface area contributed by atoms with Crippen LogP contribution < -0.4 is 10.6 Å². The van der Waals surface area contributed by atoms with Crippen molar-refractivity contribution in [1.82, 2.24) is 10.6 Å². The molecule has 0 radical (unpaired) electrons. The van der Waals surface area contributed by atoms with E-state index in [1.807, 2.05) is 41.5 Å². The fraction of sp³-hybridized carbons (Fsp3) is 0.933. The number of carbonyl (C=O) groups is 1. The van der Waals surface area contributed by atoms with Gasteiger partial charge in [-0.05, 0) is 41.0 Å². The number of ether oxygens (including phenoxy) is 1. The van der Waals surface area contributed by atoms with Gasteiger partial charge in [-0.1, -0.05) is 13.8 Å². The van der Waals surface area contributed by atoms with Crippen LogP contribution in [0.3, 0.4) is 0 Å². The summed E-state index contributed by atoms with van der Waals surface area (Å²) in [5, 5.41) is 15.5. The van der Waals surface area contributed by atoms with Gasteiger partial charge in [-0.2, -0.15) is 0 Å². The molecule has 0 fully saturated rings. The van der Waals surface area contributed by atoms with Crippen LogP contribution in [0.4, 0.5) is 4.79 Å². The number of hydrogen-bond acceptors (Lipinski definition) is 4. The summed E-state index contributed by atoms with van der Waals surface area (Å²) >= 11 is 0. The summed E-state index contributed by atoms with van der Waals surface area (Å²) in [5.74, 6) is 0. The van der Waals surface area contributed by atoms with Gasteiger partial charge in [0.05, 0.1) is 5.54 Å². The van der Waals surface area contributed by atoms with E-state index in [0.717, 1.165) is 6.42 Å². The monoisotopic (exact) mass is 288 g/mol. The van der Waals surface area contributed by atoms with Crippen LogP contribution in [-0.2, 0) is 4.74 Å². The number of nitrogens with one attached hydrogen (secondary N) is 2. The Morgan fingerprint density at radius 3 is 2.05 bits per heavy atom. The minimum atomic E-state index is -0.495. The Bertz CT molecular complexity index is 305. The van der Waals surface area contributed by atoms with Crippen molar-refractivity contribution < 1.29 is 14.6 Å².